The summed E-state index contributed by atoms with van der Waals surface area (Å²) in [5.41, 5.74) is 1.25. The fourth-order valence-electron chi connectivity index (χ4n) is 3.39. The zero-order valence-electron chi connectivity index (χ0n) is 17.4. The molecule has 0 spiro atoms. The van der Waals surface area contributed by atoms with Crippen molar-refractivity contribution >= 4 is 10.9 Å². The molecule has 0 atom stereocenters. The first-order valence-electron chi connectivity index (χ1n) is 9.85. The second-order valence-corrected chi connectivity index (χ2v) is 7.11. The summed E-state index contributed by atoms with van der Waals surface area (Å²) in [4.78, 5) is 17.7. The lowest BCUT2D eigenvalue weighted by Crippen LogP contribution is -2.28. The number of methoxy groups -OCH3 is 2. The maximum absolute atomic E-state index is 12.7. The minimum Gasteiger partial charge on any atom is -0.497 e. The van der Waals surface area contributed by atoms with Crippen LogP contribution in [0.3, 0.4) is 0 Å². The largest absolute Gasteiger partial charge is 0.497 e. The van der Waals surface area contributed by atoms with E-state index in [2.05, 4.69) is 25.4 Å². The van der Waals surface area contributed by atoms with Crippen LogP contribution in [0.1, 0.15) is 17.1 Å². The molecule has 1 aromatic carbocycles. The zero-order chi connectivity index (χ0) is 21.6. The van der Waals surface area contributed by atoms with Crippen LogP contribution in [0, 0.1) is 0 Å². The number of nitrogens with one attached hydrogen (secondary N) is 1. The third-order valence-corrected chi connectivity index (χ3v) is 4.96. The molecule has 0 aliphatic heterocycles. The number of aromatic amines is 1. The Morgan fingerprint density at radius 3 is 2.84 bits per heavy atom. The molecule has 10 nitrogen and oxygen atoms in total. The van der Waals surface area contributed by atoms with E-state index >= 15 is 0 Å². The van der Waals surface area contributed by atoms with Gasteiger partial charge in [0.2, 0.25) is 0 Å². The average Bonchev–Trinajstić information content (AvgIpc) is 3.44. The lowest BCUT2D eigenvalue weighted by atomic mass is 10.1. The summed E-state index contributed by atoms with van der Waals surface area (Å²) in [6, 6.07) is 11.2. The second-order valence-electron chi connectivity index (χ2n) is 7.11. The number of nitrogens with zero attached hydrogens (tertiary/aromatic N) is 5. The minimum atomic E-state index is -0.138. The van der Waals surface area contributed by atoms with Crippen LogP contribution in [0.15, 0.2) is 51.9 Å². The van der Waals surface area contributed by atoms with Crippen LogP contribution in [0.4, 0.5) is 0 Å². The topological polar surface area (TPSA) is 111 Å². The van der Waals surface area contributed by atoms with E-state index in [9.17, 15) is 4.79 Å². The number of ether oxygens (including phenoxy) is 2. The molecule has 0 aliphatic carbocycles. The van der Waals surface area contributed by atoms with E-state index in [-0.39, 0.29) is 5.56 Å². The smallest absolute Gasteiger partial charge is 0.252 e. The Kier molecular flexibility index (Phi) is 6.39. The second kappa shape index (κ2) is 9.54. The first kappa shape index (κ1) is 20.8. The molecule has 3 heterocycles. The SMILES string of the molecule is COCCn1nnnc1CN(Cc1ccco1)Cc1cc2cc(OC)ccc2[nH]c1=O. The highest BCUT2D eigenvalue weighted by Crippen LogP contribution is 2.20. The van der Waals surface area contributed by atoms with Gasteiger partial charge in [-0.25, -0.2) is 4.68 Å². The number of furan rings is 1. The summed E-state index contributed by atoms with van der Waals surface area (Å²) in [6.45, 7) is 2.37. The van der Waals surface area contributed by atoms with Crippen molar-refractivity contribution in [3.05, 3.63) is 70.2 Å². The van der Waals surface area contributed by atoms with E-state index < -0.39 is 0 Å². The fraction of sp³-hybridized carbons (Fsp3) is 0.333. The van der Waals surface area contributed by atoms with E-state index in [0.29, 0.717) is 44.2 Å². The molecule has 10 heteroatoms. The maximum Gasteiger partial charge on any atom is 0.252 e. The molecule has 0 bridgehead atoms. The van der Waals surface area contributed by atoms with Crippen molar-refractivity contribution in [2.75, 3.05) is 20.8 Å². The number of benzene rings is 1. The quantitative estimate of drug-likeness (QED) is 0.411. The van der Waals surface area contributed by atoms with Gasteiger partial charge in [-0.1, -0.05) is 0 Å². The Hall–Kier alpha value is -3.50. The average molecular weight is 424 g/mol. The molecule has 0 saturated carbocycles. The zero-order valence-corrected chi connectivity index (χ0v) is 17.4. The highest BCUT2D eigenvalue weighted by molar-refractivity contribution is 5.80. The van der Waals surface area contributed by atoms with Gasteiger partial charge >= 0.3 is 0 Å². The van der Waals surface area contributed by atoms with Gasteiger partial charge in [0.15, 0.2) is 5.82 Å². The van der Waals surface area contributed by atoms with Crippen molar-refractivity contribution in [2.45, 2.75) is 26.2 Å². The number of hydrogen-bond acceptors (Lipinski definition) is 8. The van der Waals surface area contributed by atoms with E-state index in [4.69, 9.17) is 13.9 Å². The Morgan fingerprint density at radius 2 is 2.06 bits per heavy atom. The first-order chi connectivity index (χ1) is 15.2. The summed E-state index contributed by atoms with van der Waals surface area (Å²) < 4.78 is 17.7. The van der Waals surface area contributed by atoms with Crippen LogP contribution in [0.2, 0.25) is 0 Å². The molecule has 0 saturated heterocycles. The molecule has 0 unspecified atom stereocenters. The molecule has 162 valence electrons. The van der Waals surface area contributed by atoms with Gasteiger partial charge < -0.3 is 18.9 Å². The van der Waals surface area contributed by atoms with Crippen LogP contribution in [0.5, 0.6) is 5.75 Å². The molecule has 0 amide bonds. The lowest BCUT2D eigenvalue weighted by Gasteiger charge is -2.20. The Bertz CT molecular complexity index is 1180. The normalized spacial score (nSPS) is 11.5. The van der Waals surface area contributed by atoms with Gasteiger partial charge in [-0.05, 0) is 46.8 Å². The Balaban J connectivity index is 1.62. The summed E-state index contributed by atoms with van der Waals surface area (Å²) in [5.74, 6) is 2.20. The van der Waals surface area contributed by atoms with E-state index in [1.807, 2.05) is 36.4 Å². The molecule has 4 rings (SSSR count). The third-order valence-electron chi connectivity index (χ3n) is 4.96. The van der Waals surface area contributed by atoms with Gasteiger partial charge in [-0.3, -0.25) is 9.69 Å². The van der Waals surface area contributed by atoms with Crippen LogP contribution in [-0.4, -0.2) is 50.9 Å². The number of fused-ring (bicyclic) bond motifs is 1. The number of H-pyrrole nitrogens is 1. The molecule has 0 fully saturated rings. The third kappa shape index (κ3) is 4.98. The molecule has 1 N–H and O–H groups in total. The van der Waals surface area contributed by atoms with Gasteiger partial charge in [0, 0.05) is 30.1 Å². The van der Waals surface area contributed by atoms with Gasteiger partial charge in [0.25, 0.3) is 5.56 Å². The Morgan fingerprint density at radius 1 is 1.16 bits per heavy atom. The number of pyridine rings is 1. The molecule has 0 aliphatic rings. The minimum absolute atomic E-state index is 0.138. The van der Waals surface area contributed by atoms with E-state index in [1.165, 1.54) is 0 Å². The van der Waals surface area contributed by atoms with Crippen molar-refractivity contribution in [3.63, 3.8) is 0 Å². The number of tetrazole rings is 1. The van der Waals surface area contributed by atoms with Crippen LogP contribution >= 0.6 is 0 Å². The van der Waals surface area contributed by atoms with Gasteiger partial charge in [0.05, 0.1) is 39.6 Å². The van der Waals surface area contributed by atoms with Gasteiger partial charge in [-0.2, -0.15) is 0 Å². The standard InChI is InChI=1S/C21H24N6O4/c1-29-9-7-27-20(23-24-25-27)14-26(13-18-4-3-8-31-18)12-16-10-15-11-17(30-2)5-6-19(15)22-21(16)28/h3-6,8,10-11H,7,9,12-14H2,1-2H3,(H,22,28). The van der Waals surface area contributed by atoms with E-state index in [0.717, 1.165) is 22.4 Å². The molecular formula is C21H24N6O4. The Labute approximate surface area is 178 Å². The predicted octanol–water partition coefficient (Wildman–Crippen LogP) is 1.96. The van der Waals surface area contributed by atoms with Crippen molar-refractivity contribution in [1.82, 2.24) is 30.1 Å². The van der Waals surface area contributed by atoms with Gasteiger partial charge in [-0.15, -0.1) is 5.10 Å². The van der Waals surface area contributed by atoms with Crippen LogP contribution in [0.25, 0.3) is 10.9 Å². The summed E-state index contributed by atoms with van der Waals surface area (Å²) in [5, 5.41) is 12.9. The van der Waals surface area contributed by atoms with Gasteiger partial charge in [0.1, 0.15) is 11.5 Å². The van der Waals surface area contributed by atoms with Crippen molar-refractivity contribution in [3.8, 4) is 5.75 Å². The summed E-state index contributed by atoms with van der Waals surface area (Å²) >= 11 is 0. The molecular weight excluding hydrogens is 400 g/mol. The molecule has 0 radical (unpaired) electrons. The van der Waals surface area contributed by atoms with Crippen molar-refractivity contribution in [2.24, 2.45) is 0 Å². The molecule has 4 aromatic rings. The number of aromatic nitrogens is 5. The molecule has 31 heavy (non-hydrogen) atoms. The summed E-state index contributed by atoms with van der Waals surface area (Å²) in [6.07, 6.45) is 1.63. The lowest BCUT2D eigenvalue weighted by molar-refractivity contribution is 0.176. The van der Waals surface area contributed by atoms with Crippen LogP contribution < -0.4 is 10.3 Å². The maximum atomic E-state index is 12.7. The monoisotopic (exact) mass is 424 g/mol. The fourth-order valence-corrected chi connectivity index (χ4v) is 3.39. The predicted molar refractivity (Wildman–Crippen MR) is 112 cm³/mol. The van der Waals surface area contributed by atoms with Crippen molar-refractivity contribution in [1.29, 1.82) is 0 Å². The summed E-state index contributed by atoms with van der Waals surface area (Å²) in [7, 11) is 3.25. The highest BCUT2D eigenvalue weighted by atomic mass is 16.5. The van der Waals surface area contributed by atoms with Crippen LogP contribution in [-0.2, 0) is 30.9 Å². The number of hydrogen-bond donors (Lipinski definition) is 1. The molecule has 3 aromatic heterocycles. The first-order valence-corrected chi connectivity index (χ1v) is 9.85. The highest BCUT2D eigenvalue weighted by Gasteiger charge is 2.17. The van der Waals surface area contributed by atoms with Crippen molar-refractivity contribution < 1.29 is 13.9 Å². The number of rotatable bonds is 10. The van der Waals surface area contributed by atoms with E-state index in [1.54, 1.807) is 25.2 Å².